The van der Waals surface area contributed by atoms with Gasteiger partial charge in [0.2, 0.25) is 0 Å². The molecule has 3 aromatic rings. The molecule has 0 radical (unpaired) electrons. The quantitative estimate of drug-likeness (QED) is 0.189. The van der Waals surface area contributed by atoms with E-state index in [9.17, 15) is 13.8 Å². The van der Waals surface area contributed by atoms with E-state index in [0.717, 1.165) is 6.07 Å². The molecule has 1 aliphatic heterocycles. The molecule has 0 bridgehead atoms. The molecule has 1 aromatic carbocycles. The van der Waals surface area contributed by atoms with Gasteiger partial charge in [0.25, 0.3) is 0 Å². The standard InChI is InChI=1S/C19H20FN6O6P/c1-2-15(27)11-3-10(13(20)4-14(11)21)17-16-18(32-25-19(16)22)12(6-23-17)9-5-24-26(7-9)8-31-33(28,29)30/h3-7,17,23H,2,8,21H2,1H3,(H2,22,25)(H2,28,29,30). The van der Waals surface area contributed by atoms with Crippen LogP contribution in [-0.4, -0.2) is 30.5 Å². The number of nitrogens with two attached hydrogens (primary N) is 2. The van der Waals surface area contributed by atoms with Crippen LogP contribution in [0.15, 0.2) is 35.2 Å². The highest BCUT2D eigenvalue weighted by molar-refractivity contribution is 7.46. The number of carbonyl (C=O) groups is 1. The highest BCUT2D eigenvalue weighted by Gasteiger charge is 2.33. The molecule has 1 aliphatic rings. The average molecular weight is 478 g/mol. The van der Waals surface area contributed by atoms with Crippen molar-refractivity contribution in [1.29, 1.82) is 0 Å². The predicted molar refractivity (Wildman–Crippen MR) is 114 cm³/mol. The first kappa shape index (κ1) is 22.7. The van der Waals surface area contributed by atoms with Crippen molar-refractivity contribution in [3.63, 3.8) is 0 Å². The van der Waals surface area contributed by atoms with Crippen molar-refractivity contribution in [1.82, 2.24) is 20.3 Å². The second kappa shape index (κ2) is 8.45. The third kappa shape index (κ3) is 4.39. The van der Waals surface area contributed by atoms with Gasteiger partial charge >= 0.3 is 7.82 Å². The molecule has 0 saturated heterocycles. The second-order valence-corrected chi connectivity index (χ2v) is 8.46. The molecule has 0 fully saturated rings. The molecular weight excluding hydrogens is 458 g/mol. The van der Waals surface area contributed by atoms with Crippen LogP contribution in [0, 0.1) is 5.82 Å². The van der Waals surface area contributed by atoms with Crippen LogP contribution in [0.1, 0.15) is 52.2 Å². The smallest absolute Gasteiger partial charge is 0.398 e. The highest BCUT2D eigenvalue weighted by atomic mass is 31.2. The van der Waals surface area contributed by atoms with E-state index in [1.165, 1.54) is 23.1 Å². The van der Waals surface area contributed by atoms with Gasteiger partial charge in [-0.25, -0.2) is 13.6 Å². The Bertz CT molecular complexity index is 1310. The third-order valence-electron chi connectivity index (χ3n) is 5.09. The number of Topliss-reactive ketones (excluding diaryl/α,β-unsaturated/α-hetero) is 1. The minimum absolute atomic E-state index is 0.0184. The summed E-state index contributed by atoms with van der Waals surface area (Å²) in [6.07, 6.45) is 4.63. The molecule has 33 heavy (non-hydrogen) atoms. The van der Waals surface area contributed by atoms with E-state index >= 15 is 0 Å². The lowest BCUT2D eigenvalue weighted by atomic mass is 9.89. The summed E-state index contributed by atoms with van der Waals surface area (Å²) >= 11 is 0. The fourth-order valence-electron chi connectivity index (χ4n) is 3.52. The van der Waals surface area contributed by atoms with Crippen molar-refractivity contribution >= 4 is 30.7 Å². The van der Waals surface area contributed by atoms with Gasteiger partial charge in [0.05, 0.1) is 17.8 Å². The molecule has 7 N–H and O–H groups in total. The highest BCUT2D eigenvalue weighted by Crippen LogP contribution is 2.41. The molecule has 14 heteroatoms. The van der Waals surface area contributed by atoms with Crippen LogP contribution in [0.4, 0.5) is 15.9 Å². The summed E-state index contributed by atoms with van der Waals surface area (Å²) in [4.78, 5) is 29.9. The number of hydrogen-bond acceptors (Lipinski definition) is 9. The number of ketones is 1. The van der Waals surface area contributed by atoms with Crippen LogP contribution in [0.3, 0.4) is 0 Å². The first-order valence-electron chi connectivity index (χ1n) is 9.65. The van der Waals surface area contributed by atoms with Crippen LogP contribution in [0.25, 0.3) is 5.57 Å². The Morgan fingerprint density at radius 1 is 1.39 bits per heavy atom. The number of halogens is 1. The Morgan fingerprint density at radius 3 is 2.85 bits per heavy atom. The maximum absolute atomic E-state index is 14.9. The Kier molecular flexibility index (Phi) is 5.80. The zero-order valence-corrected chi connectivity index (χ0v) is 18.1. The topological polar surface area (TPSA) is 192 Å². The summed E-state index contributed by atoms with van der Waals surface area (Å²) in [5.41, 5.74) is 13.5. The number of nitrogens with zero attached hydrogens (tertiary/aromatic N) is 3. The van der Waals surface area contributed by atoms with Crippen LogP contribution >= 0.6 is 7.82 Å². The fourth-order valence-corrected chi connectivity index (χ4v) is 3.79. The number of phosphoric acid groups is 1. The normalized spacial score (nSPS) is 15.6. The van der Waals surface area contributed by atoms with Crippen molar-refractivity contribution in [2.24, 2.45) is 0 Å². The van der Waals surface area contributed by atoms with Crippen LogP contribution in [-0.2, 0) is 15.8 Å². The van der Waals surface area contributed by atoms with Gasteiger partial charge in [0.1, 0.15) is 5.82 Å². The van der Waals surface area contributed by atoms with E-state index in [1.54, 1.807) is 13.1 Å². The number of nitrogen functional groups attached to an aromatic ring is 2. The summed E-state index contributed by atoms with van der Waals surface area (Å²) < 4.78 is 36.8. The van der Waals surface area contributed by atoms with Gasteiger partial charge in [-0.1, -0.05) is 12.1 Å². The van der Waals surface area contributed by atoms with Crippen molar-refractivity contribution < 1.29 is 32.6 Å². The number of aromatic nitrogens is 3. The second-order valence-electron chi connectivity index (χ2n) is 7.22. The van der Waals surface area contributed by atoms with Crippen molar-refractivity contribution in [3.8, 4) is 0 Å². The minimum atomic E-state index is -4.67. The molecule has 0 spiro atoms. The first-order valence-corrected chi connectivity index (χ1v) is 11.2. The Labute approximate surface area is 186 Å². The van der Waals surface area contributed by atoms with E-state index in [0.29, 0.717) is 16.7 Å². The lowest BCUT2D eigenvalue weighted by molar-refractivity contribution is 0.0988. The number of fused-ring (bicyclic) bond motifs is 1. The molecule has 0 saturated carbocycles. The van der Waals surface area contributed by atoms with Crippen molar-refractivity contribution in [3.05, 3.63) is 64.6 Å². The van der Waals surface area contributed by atoms with Gasteiger partial charge in [-0.2, -0.15) is 5.10 Å². The van der Waals surface area contributed by atoms with Gasteiger partial charge in [-0.3, -0.25) is 9.32 Å². The van der Waals surface area contributed by atoms with Gasteiger partial charge < -0.3 is 31.1 Å². The van der Waals surface area contributed by atoms with E-state index in [4.69, 9.17) is 25.8 Å². The Balaban J connectivity index is 1.71. The maximum Gasteiger partial charge on any atom is 0.471 e. The summed E-state index contributed by atoms with van der Waals surface area (Å²) in [6.45, 7) is 1.20. The zero-order chi connectivity index (χ0) is 23.9. The number of benzene rings is 1. The summed E-state index contributed by atoms with van der Waals surface area (Å²) in [5.74, 6) is -0.607. The number of phosphoric ester groups is 1. The molecule has 1 unspecified atom stereocenters. The maximum atomic E-state index is 14.9. The number of anilines is 2. The Hall–Kier alpha value is -3.51. The molecule has 1 atom stereocenters. The molecule has 3 heterocycles. The largest absolute Gasteiger partial charge is 0.471 e. The number of rotatable bonds is 7. The van der Waals surface area contributed by atoms with Crippen molar-refractivity contribution in [2.75, 3.05) is 11.5 Å². The van der Waals surface area contributed by atoms with Gasteiger partial charge in [0.15, 0.2) is 24.1 Å². The Morgan fingerprint density at radius 2 is 2.15 bits per heavy atom. The molecule has 12 nitrogen and oxygen atoms in total. The van der Waals surface area contributed by atoms with E-state index in [-0.39, 0.29) is 40.6 Å². The lowest BCUT2D eigenvalue weighted by Crippen LogP contribution is -2.24. The van der Waals surface area contributed by atoms with Gasteiger partial charge in [0, 0.05) is 46.8 Å². The lowest BCUT2D eigenvalue weighted by Gasteiger charge is -2.24. The summed E-state index contributed by atoms with van der Waals surface area (Å²) in [5, 5.41) is 10.8. The molecule has 0 aliphatic carbocycles. The third-order valence-corrected chi connectivity index (χ3v) is 5.54. The van der Waals surface area contributed by atoms with Crippen LogP contribution in [0.2, 0.25) is 0 Å². The molecule has 4 rings (SSSR count). The monoisotopic (exact) mass is 478 g/mol. The SMILES string of the molecule is CCC(=O)c1cc(C2NC=C(c3cnn(COP(=O)(O)O)c3)c3onc(N)c32)c(F)cc1N. The van der Waals surface area contributed by atoms with Crippen LogP contribution < -0.4 is 16.8 Å². The zero-order valence-electron chi connectivity index (χ0n) is 17.2. The summed E-state index contributed by atoms with van der Waals surface area (Å²) in [6, 6.07) is 1.67. The van der Waals surface area contributed by atoms with E-state index in [1.807, 2.05) is 0 Å². The number of carbonyl (C=O) groups excluding carboxylic acids is 1. The fraction of sp³-hybridized carbons (Fsp3) is 0.211. The van der Waals surface area contributed by atoms with Gasteiger partial charge in [-0.05, 0) is 12.1 Å². The van der Waals surface area contributed by atoms with Crippen LogP contribution in [0.5, 0.6) is 0 Å². The number of hydrogen-bond donors (Lipinski definition) is 5. The summed E-state index contributed by atoms with van der Waals surface area (Å²) in [7, 11) is -4.67. The average Bonchev–Trinajstić information content (AvgIpc) is 3.38. The minimum Gasteiger partial charge on any atom is -0.398 e. The van der Waals surface area contributed by atoms with Crippen molar-refractivity contribution in [2.45, 2.75) is 26.1 Å². The van der Waals surface area contributed by atoms with E-state index in [2.05, 4.69) is 20.1 Å². The number of nitrogens with one attached hydrogen (secondary N) is 1. The first-order chi connectivity index (χ1) is 15.6. The molecule has 2 aromatic heterocycles. The van der Waals surface area contributed by atoms with E-state index < -0.39 is 26.4 Å². The molecule has 0 amide bonds. The van der Waals surface area contributed by atoms with Gasteiger partial charge in [-0.15, -0.1) is 0 Å². The molecule has 174 valence electrons. The predicted octanol–water partition coefficient (Wildman–Crippen LogP) is 1.92. The molecular formula is C19H20FN6O6P.